The second-order valence-corrected chi connectivity index (χ2v) is 5.28. The summed E-state index contributed by atoms with van der Waals surface area (Å²) in [5.74, 6) is -2.21. The van der Waals surface area contributed by atoms with E-state index in [0.29, 0.717) is 6.42 Å². The van der Waals surface area contributed by atoms with Gasteiger partial charge in [0.2, 0.25) is 0 Å². The first-order valence-electron chi connectivity index (χ1n) is 6.30. The predicted octanol–water partition coefficient (Wildman–Crippen LogP) is 1.84. The number of rotatable bonds is 6. The number of hydrogen-bond acceptors (Lipinski definition) is 3. The van der Waals surface area contributed by atoms with Crippen LogP contribution in [0.1, 0.15) is 25.7 Å². The van der Waals surface area contributed by atoms with Crippen LogP contribution in [-0.2, 0) is 14.3 Å². The molecular weight excluding hydrogens is 248 g/mol. The Morgan fingerprint density at radius 2 is 1.84 bits per heavy atom. The van der Waals surface area contributed by atoms with Gasteiger partial charge in [0, 0.05) is 0 Å². The predicted molar refractivity (Wildman–Crippen MR) is 67.7 cm³/mol. The van der Waals surface area contributed by atoms with Crippen molar-refractivity contribution in [1.29, 1.82) is 0 Å². The first-order valence-corrected chi connectivity index (χ1v) is 6.30. The highest BCUT2D eigenvalue weighted by molar-refractivity contribution is 5.88. The van der Waals surface area contributed by atoms with Gasteiger partial charge in [-0.1, -0.05) is 12.2 Å². The number of allylic oxidation sites excluding steroid dienone is 2. The van der Waals surface area contributed by atoms with Gasteiger partial charge in [-0.05, 0) is 25.7 Å². The average molecular weight is 266 g/mol. The van der Waals surface area contributed by atoms with Crippen molar-refractivity contribution < 1.29 is 24.5 Å². The third-order valence-electron chi connectivity index (χ3n) is 4.53. The van der Waals surface area contributed by atoms with Crippen molar-refractivity contribution in [2.24, 2.45) is 10.8 Å². The first kappa shape index (κ1) is 13.8. The van der Waals surface area contributed by atoms with Gasteiger partial charge in [0.05, 0.1) is 11.5 Å². The summed E-state index contributed by atoms with van der Waals surface area (Å²) in [6.07, 6.45) is 3.36. The van der Waals surface area contributed by atoms with Crippen LogP contribution >= 0.6 is 0 Å². The maximum atomic E-state index is 11.9. The Hall–Kier alpha value is -1.62. The van der Waals surface area contributed by atoms with E-state index in [1.54, 1.807) is 0 Å². The third-order valence-corrected chi connectivity index (χ3v) is 4.53. The molecule has 0 spiro atoms. The fourth-order valence-corrected chi connectivity index (χ4v) is 3.55. The molecule has 1 saturated heterocycles. The van der Waals surface area contributed by atoms with E-state index in [-0.39, 0.29) is 25.4 Å². The summed E-state index contributed by atoms with van der Waals surface area (Å²) < 4.78 is 5.43. The highest BCUT2D eigenvalue weighted by Crippen LogP contribution is 2.62. The molecule has 2 aliphatic rings. The molecule has 2 N–H and O–H groups in total. The lowest BCUT2D eigenvalue weighted by Crippen LogP contribution is -2.58. The van der Waals surface area contributed by atoms with Gasteiger partial charge < -0.3 is 14.9 Å². The van der Waals surface area contributed by atoms with Crippen molar-refractivity contribution in [2.45, 2.75) is 37.9 Å². The minimum absolute atomic E-state index is 0.0869. The van der Waals surface area contributed by atoms with E-state index < -0.39 is 28.9 Å². The minimum Gasteiger partial charge on any atom is -0.481 e. The molecule has 0 aromatic carbocycles. The summed E-state index contributed by atoms with van der Waals surface area (Å²) in [4.78, 5) is 23.7. The van der Waals surface area contributed by atoms with E-state index in [9.17, 15) is 19.8 Å². The molecule has 19 heavy (non-hydrogen) atoms. The van der Waals surface area contributed by atoms with Crippen LogP contribution in [0.3, 0.4) is 0 Å². The third kappa shape index (κ3) is 1.64. The smallest absolute Gasteiger partial charge is 0.313 e. The molecule has 5 nitrogen and oxygen atoms in total. The van der Waals surface area contributed by atoms with Crippen molar-refractivity contribution >= 4 is 11.9 Å². The van der Waals surface area contributed by atoms with E-state index >= 15 is 0 Å². The lowest BCUT2D eigenvalue weighted by molar-refractivity contribution is -0.179. The van der Waals surface area contributed by atoms with Gasteiger partial charge in [0.25, 0.3) is 0 Å². The number of fused-ring (bicyclic) bond motifs is 1. The number of aliphatic carboxylic acids is 2. The quantitative estimate of drug-likeness (QED) is 0.566. The molecule has 0 amide bonds. The zero-order valence-electron chi connectivity index (χ0n) is 10.7. The van der Waals surface area contributed by atoms with Crippen LogP contribution in [0.5, 0.6) is 0 Å². The van der Waals surface area contributed by atoms with E-state index in [4.69, 9.17) is 4.74 Å². The standard InChI is InChI=1S/C14H18O5/c1-3-6-13(11(15)16)8-5-9-10(19-9)14(13,7-4-2)12(17)18/h3-4,9-10H,1-2,5-8H2,(H,15,16)(H,17,18). The molecule has 1 aliphatic heterocycles. The number of carboxylic acid groups (broad SMARTS) is 2. The number of ether oxygens (including phenoxy) is 1. The SMILES string of the molecule is C=CCC1(C(=O)O)CCC2OC2C1(CC=C)C(=O)O. The van der Waals surface area contributed by atoms with Gasteiger partial charge in [-0.15, -0.1) is 13.2 Å². The second-order valence-electron chi connectivity index (χ2n) is 5.28. The van der Waals surface area contributed by atoms with E-state index in [1.165, 1.54) is 12.2 Å². The monoisotopic (exact) mass is 266 g/mol. The summed E-state index contributed by atoms with van der Waals surface area (Å²) in [7, 11) is 0. The molecule has 0 aromatic rings. The minimum atomic E-state index is -1.45. The van der Waals surface area contributed by atoms with Crippen LogP contribution in [0.25, 0.3) is 0 Å². The average Bonchev–Trinajstić information content (AvgIpc) is 3.11. The molecule has 2 fully saturated rings. The Labute approximate surface area is 111 Å². The summed E-state index contributed by atoms with van der Waals surface area (Å²) in [6, 6.07) is 0. The Morgan fingerprint density at radius 3 is 2.32 bits per heavy atom. The van der Waals surface area contributed by atoms with Gasteiger partial charge in [0.1, 0.15) is 11.5 Å². The van der Waals surface area contributed by atoms with Crippen LogP contribution < -0.4 is 0 Å². The van der Waals surface area contributed by atoms with E-state index in [0.717, 1.165) is 0 Å². The Kier molecular flexibility index (Phi) is 3.26. The van der Waals surface area contributed by atoms with Crippen LogP contribution in [0.15, 0.2) is 25.3 Å². The molecule has 2 rings (SSSR count). The Bertz CT molecular complexity index is 443. The lowest BCUT2D eigenvalue weighted by Gasteiger charge is -2.45. The van der Waals surface area contributed by atoms with Gasteiger partial charge in [-0.3, -0.25) is 9.59 Å². The molecular formula is C14H18O5. The molecule has 1 heterocycles. The van der Waals surface area contributed by atoms with Gasteiger partial charge >= 0.3 is 11.9 Å². The molecule has 0 aromatic heterocycles. The summed E-state index contributed by atoms with van der Waals surface area (Å²) in [6.45, 7) is 7.17. The maximum absolute atomic E-state index is 11.9. The molecule has 0 radical (unpaired) electrons. The number of epoxide rings is 1. The van der Waals surface area contributed by atoms with Crippen LogP contribution in [0, 0.1) is 10.8 Å². The molecule has 4 unspecified atom stereocenters. The Balaban J connectivity index is 2.58. The topological polar surface area (TPSA) is 87.1 Å². The van der Waals surface area contributed by atoms with Crippen molar-refractivity contribution in [3.05, 3.63) is 25.3 Å². The van der Waals surface area contributed by atoms with Crippen molar-refractivity contribution in [2.75, 3.05) is 0 Å². The summed E-state index contributed by atoms with van der Waals surface area (Å²) in [5.41, 5.74) is -2.82. The number of hydrogen-bond donors (Lipinski definition) is 2. The molecule has 5 heteroatoms. The fraction of sp³-hybridized carbons (Fsp3) is 0.571. The van der Waals surface area contributed by atoms with Crippen LogP contribution in [0.4, 0.5) is 0 Å². The summed E-state index contributed by atoms with van der Waals surface area (Å²) in [5, 5.41) is 19.4. The normalized spacial score (nSPS) is 40.0. The maximum Gasteiger partial charge on any atom is 0.313 e. The van der Waals surface area contributed by atoms with Crippen LogP contribution in [0.2, 0.25) is 0 Å². The van der Waals surface area contributed by atoms with Gasteiger partial charge in [0.15, 0.2) is 0 Å². The number of carbonyl (C=O) groups is 2. The van der Waals surface area contributed by atoms with Gasteiger partial charge in [-0.25, -0.2) is 0 Å². The molecule has 0 bridgehead atoms. The van der Waals surface area contributed by atoms with Crippen molar-refractivity contribution in [3.8, 4) is 0 Å². The molecule has 1 aliphatic carbocycles. The zero-order valence-corrected chi connectivity index (χ0v) is 10.7. The van der Waals surface area contributed by atoms with Gasteiger partial charge in [-0.2, -0.15) is 0 Å². The van der Waals surface area contributed by atoms with Crippen LogP contribution in [-0.4, -0.2) is 34.4 Å². The first-order chi connectivity index (χ1) is 8.96. The lowest BCUT2D eigenvalue weighted by atomic mass is 9.53. The largest absolute Gasteiger partial charge is 0.481 e. The molecule has 4 atom stereocenters. The second kappa shape index (κ2) is 4.49. The highest BCUT2D eigenvalue weighted by Gasteiger charge is 2.73. The number of carboxylic acids is 2. The highest BCUT2D eigenvalue weighted by atomic mass is 16.6. The fourth-order valence-electron chi connectivity index (χ4n) is 3.55. The van der Waals surface area contributed by atoms with E-state index in [1.807, 2.05) is 0 Å². The molecule has 1 saturated carbocycles. The molecule has 104 valence electrons. The summed E-state index contributed by atoms with van der Waals surface area (Å²) >= 11 is 0. The van der Waals surface area contributed by atoms with E-state index in [2.05, 4.69) is 13.2 Å². The Morgan fingerprint density at radius 1 is 1.21 bits per heavy atom. The zero-order chi connectivity index (χ0) is 14.3. The van der Waals surface area contributed by atoms with Crippen molar-refractivity contribution in [1.82, 2.24) is 0 Å². The van der Waals surface area contributed by atoms with Crippen molar-refractivity contribution in [3.63, 3.8) is 0 Å².